The van der Waals surface area contributed by atoms with Crippen molar-refractivity contribution in [2.45, 2.75) is 20.3 Å². The average Bonchev–Trinajstić information content (AvgIpc) is 2.63. The Morgan fingerprint density at radius 1 is 0.917 bits per heavy atom. The summed E-state index contributed by atoms with van der Waals surface area (Å²) in [5.74, 6) is 1.47. The molecule has 2 aromatic carbocycles. The molecule has 0 heterocycles. The van der Waals surface area contributed by atoms with E-state index < -0.39 is 0 Å². The van der Waals surface area contributed by atoms with Gasteiger partial charge in [0.05, 0.1) is 6.61 Å². The standard InChI is InChI=1S/C20H25NO3/c1-3-21(15-14-17-8-6-5-7-9-17)20(22)16-24-19-12-10-18(11-13-19)23-4-2/h5-13H,3-4,14-16H2,1-2H3. The lowest BCUT2D eigenvalue weighted by atomic mass is 10.1. The number of rotatable bonds is 9. The number of carbonyl (C=O) groups excluding carboxylic acids is 1. The van der Waals surface area contributed by atoms with Crippen molar-refractivity contribution in [2.75, 3.05) is 26.3 Å². The molecule has 0 fully saturated rings. The molecular weight excluding hydrogens is 302 g/mol. The zero-order valence-corrected chi connectivity index (χ0v) is 14.4. The number of ether oxygens (including phenoxy) is 2. The summed E-state index contributed by atoms with van der Waals surface area (Å²) in [4.78, 5) is 14.1. The molecule has 0 N–H and O–H groups in total. The van der Waals surface area contributed by atoms with Gasteiger partial charge in [-0.15, -0.1) is 0 Å². The van der Waals surface area contributed by atoms with E-state index in [1.54, 1.807) is 0 Å². The first-order valence-electron chi connectivity index (χ1n) is 8.40. The van der Waals surface area contributed by atoms with E-state index in [4.69, 9.17) is 9.47 Å². The van der Waals surface area contributed by atoms with Crippen molar-refractivity contribution in [3.05, 3.63) is 60.2 Å². The Balaban J connectivity index is 1.80. The molecule has 0 saturated heterocycles. The number of hydrogen-bond acceptors (Lipinski definition) is 3. The zero-order valence-electron chi connectivity index (χ0n) is 14.4. The van der Waals surface area contributed by atoms with E-state index in [0.717, 1.165) is 12.2 Å². The van der Waals surface area contributed by atoms with E-state index in [2.05, 4.69) is 12.1 Å². The number of amides is 1. The highest BCUT2D eigenvalue weighted by molar-refractivity contribution is 5.77. The molecule has 4 heteroatoms. The molecule has 0 radical (unpaired) electrons. The van der Waals surface area contributed by atoms with E-state index in [0.29, 0.717) is 25.4 Å². The van der Waals surface area contributed by atoms with Crippen molar-refractivity contribution < 1.29 is 14.3 Å². The molecule has 0 bridgehead atoms. The second-order valence-corrected chi connectivity index (χ2v) is 5.40. The lowest BCUT2D eigenvalue weighted by Gasteiger charge is -2.21. The van der Waals surface area contributed by atoms with Gasteiger partial charge in [0.15, 0.2) is 6.61 Å². The van der Waals surface area contributed by atoms with Crippen LogP contribution in [0.25, 0.3) is 0 Å². The molecule has 24 heavy (non-hydrogen) atoms. The van der Waals surface area contributed by atoms with Gasteiger partial charge in [-0.1, -0.05) is 30.3 Å². The van der Waals surface area contributed by atoms with Crippen LogP contribution < -0.4 is 9.47 Å². The van der Waals surface area contributed by atoms with E-state index >= 15 is 0 Å². The lowest BCUT2D eigenvalue weighted by Crippen LogP contribution is -2.36. The molecule has 0 aliphatic heterocycles. The predicted molar refractivity (Wildman–Crippen MR) is 95.5 cm³/mol. The summed E-state index contributed by atoms with van der Waals surface area (Å²) < 4.78 is 11.0. The number of likely N-dealkylation sites (N-methyl/N-ethyl adjacent to an activating group) is 1. The molecule has 0 aromatic heterocycles. The fraction of sp³-hybridized carbons (Fsp3) is 0.350. The Bertz CT molecular complexity index is 611. The minimum absolute atomic E-state index is 0.00214. The summed E-state index contributed by atoms with van der Waals surface area (Å²) in [6.45, 7) is 5.99. The Hall–Kier alpha value is -2.49. The highest BCUT2D eigenvalue weighted by Gasteiger charge is 2.12. The van der Waals surface area contributed by atoms with Crippen molar-refractivity contribution in [1.82, 2.24) is 4.90 Å². The first kappa shape index (κ1) is 17.9. The van der Waals surface area contributed by atoms with Crippen LogP contribution >= 0.6 is 0 Å². The van der Waals surface area contributed by atoms with Crippen molar-refractivity contribution in [2.24, 2.45) is 0 Å². The van der Waals surface area contributed by atoms with Gasteiger partial charge < -0.3 is 14.4 Å². The summed E-state index contributed by atoms with van der Waals surface area (Å²) in [6, 6.07) is 17.5. The summed E-state index contributed by atoms with van der Waals surface area (Å²) in [7, 11) is 0. The van der Waals surface area contributed by atoms with Crippen LogP contribution in [-0.4, -0.2) is 37.1 Å². The summed E-state index contributed by atoms with van der Waals surface area (Å²) in [5.41, 5.74) is 1.23. The third-order valence-electron chi connectivity index (χ3n) is 3.74. The Kier molecular flexibility index (Phi) is 7.15. The predicted octanol–water partition coefficient (Wildman–Crippen LogP) is 3.56. The maximum Gasteiger partial charge on any atom is 0.260 e. The van der Waals surface area contributed by atoms with Crippen LogP contribution in [0, 0.1) is 0 Å². The lowest BCUT2D eigenvalue weighted by molar-refractivity contribution is -0.133. The Labute approximate surface area is 144 Å². The third-order valence-corrected chi connectivity index (χ3v) is 3.74. The molecular formula is C20H25NO3. The van der Waals surface area contributed by atoms with Crippen LogP contribution in [-0.2, 0) is 11.2 Å². The second kappa shape index (κ2) is 9.60. The van der Waals surface area contributed by atoms with Crippen molar-refractivity contribution in [1.29, 1.82) is 0 Å². The maximum absolute atomic E-state index is 12.3. The summed E-state index contributed by atoms with van der Waals surface area (Å²) >= 11 is 0. The molecule has 0 spiro atoms. The molecule has 0 unspecified atom stereocenters. The van der Waals surface area contributed by atoms with Crippen LogP contribution in [0.1, 0.15) is 19.4 Å². The minimum Gasteiger partial charge on any atom is -0.494 e. The first-order valence-corrected chi connectivity index (χ1v) is 8.40. The average molecular weight is 327 g/mol. The molecule has 4 nitrogen and oxygen atoms in total. The van der Waals surface area contributed by atoms with E-state index in [1.165, 1.54) is 5.56 Å². The van der Waals surface area contributed by atoms with Gasteiger partial charge in [0.1, 0.15) is 11.5 Å². The second-order valence-electron chi connectivity index (χ2n) is 5.40. The van der Waals surface area contributed by atoms with E-state index in [1.807, 2.05) is 61.2 Å². The quantitative estimate of drug-likeness (QED) is 0.707. The number of carbonyl (C=O) groups is 1. The van der Waals surface area contributed by atoms with Gasteiger partial charge in [-0.25, -0.2) is 0 Å². The molecule has 2 rings (SSSR count). The van der Waals surface area contributed by atoms with Gasteiger partial charge in [-0.05, 0) is 50.1 Å². The highest BCUT2D eigenvalue weighted by Crippen LogP contribution is 2.17. The molecule has 0 saturated carbocycles. The normalized spacial score (nSPS) is 10.2. The monoisotopic (exact) mass is 327 g/mol. The van der Waals surface area contributed by atoms with Crippen LogP contribution in [0.4, 0.5) is 0 Å². The fourth-order valence-electron chi connectivity index (χ4n) is 2.40. The number of benzene rings is 2. The van der Waals surface area contributed by atoms with E-state index in [-0.39, 0.29) is 12.5 Å². The summed E-state index contributed by atoms with van der Waals surface area (Å²) in [6.07, 6.45) is 0.851. The molecule has 1 amide bonds. The zero-order chi connectivity index (χ0) is 17.2. The van der Waals surface area contributed by atoms with Crippen molar-refractivity contribution in [3.63, 3.8) is 0 Å². The molecule has 0 atom stereocenters. The van der Waals surface area contributed by atoms with Crippen molar-refractivity contribution >= 4 is 5.91 Å². The Morgan fingerprint density at radius 3 is 2.12 bits per heavy atom. The van der Waals surface area contributed by atoms with Gasteiger partial charge in [0.2, 0.25) is 0 Å². The number of nitrogens with zero attached hydrogens (tertiary/aromatic N) is 1. The van der Waals surface area contributed by atoms with Crippen LogP contribution in [0.15, 0.2) is 54.6 Å². The minimum atomic E-state index is 0.00214. The van der Waals surface area contributed by atoms with Gasteiger partial charge in [0.25, 0.3) is 5.91 Å². The third kappa shape index (κ3) is 5.61. The highest BCUT2D eigenvalue weighted by atomic mass is 16.5. The van der Waals surface area contributed by atoms with Gasteiger partial charge in [0, 0.05) is 13.1 Å². The molecule has 128 valence electrons. The molecule has 2 aromatic rings. The van der Waals surface area contributed by atoms with Gasteiger partial charge in [-0.3, -0.25) is 4.79 Å². The molecule has 0 aliphatic rings. The maximum atomic E-state index is 12.3. The number of hydrogen-bond donors (Lipinski definition) is 0. The van der Waals surface area contributed by atoms with Gasteiger partial charge >= 0.3 is 0 Å². The largest absolute Gasteiger partial charge is 0.494 e. The molecule has 0 aliphatic carbocycles. The first-order chi connectivity index (χ1) is 11.7. The van der Waals surface area contributed by atoms with Crippen molar-refractivity contribution in [3.8, 4) is 11.5 Å². The van der Waals surface area contributed by atoms with Crippen LogP contribution in [0.2, 0.25) is 0 Å². The Morgan fingerprint density at radius 2 is 1.54 bits per heavy atom. The van der Waals surface area contributed by atoms with Gasteiger partial charge in [-0.2, -0.15) is 0 Å². The topological polar surface area (TPSA) is 38.8 Å². The van der Waals surface area contributed by atoms with E-state index in [9.17, 15) is 4.79 Å². The fourth-order valence-corrected chi connectivity index (χ4v) is 2.40. The van der Waals surface area contributed by atoms with Crippen LogP contribution in [0.3, 0.4) is 0 Å². The summed E-state index contributed by atoms with van der Waals surface area (Å²) in [5, 5.41) is 0. The smallest absolute Gasteiger partial charge is 0.260 e. The van der Waals surface area contributed by atoms with Crippen LogP contribution in [0.5, 0.6) is 11.5 Å². The SMILES string of the molecule is CCOc1ccc(OCC(=O)N(CC)CCc2ccccc2)cc1.